The maximum Gasteiger partial charge on any atom is 0.335 e. The van der Waals surface area contributed by atoms with Crippen LogP contribution >= 0.6 is 0 Å². The van der Waals surface area contributed by atoms with Crippen molar-refractivity contribution in [2.24, 2.45) is 0 Å². The Balaban J connectivity index is 1.54. The number of aromatic amines is 1. The smallest absolute Gasteiger partial charge is 0.335 e. The molecule has 6 heteroatoms. The van der Waals surface area contributed by atoms with E-state index in [1.165, 1.54) is 0 Å². The molecule has 2 aliphatic rings. The first-order chi connectivity index (χ1) is 12.1. The summed E-state index contributed by atoms with van der Waals surface area (Å²) in [6.07, 6.45) is 4.85. The number of rotatable bonds is 3. The summed E-state index contributed by atoms with van der Waals surface area (Å²) in [5.41, 5.74) is 4.05. The lowest BCUT2D eigenvalue weighted by Gasteiger charge is -2.33. The number of aromatic nitrogens is 2. The van der Waals surface area contributed by atoms with E-state index < -0.39 is 5.97 Å². The molecule has 1 amide bonds. The first kappa shape index (κ1) is 15.9. The number of nitrogens with one attached hydrogen (secondary N) is 1. The van der Waals surface area contributed by atoms with Crippen LogP contribution in [-0.2, 0) is 12.8 Å². The highest BCUT2D eigenvalue weighted by molar-refractivity contribution is 5.94. The van der Waals surface area contributed by atoms with E-state index in [4.69, 9.17) is 0 Å². The average molecular weight is 339 g/mol. The number of hydrogen-bond acceptors (Lipinski definition) is 3. The SMILES string of the molecule is O=C(O)c1cccc([C@@H]2CCCN(C(=O)c3n[nH]c4c3CCC4)C2)c1. The second-order valence-corrected chi connectivity index (χ2v) is 6.90. The second-order valence-electron chi connectivity index (χ2n) is 6.90. The lowest BCUT2D eigenvalue weighted by molar-refractivity contribution is 0.0685. The molecule has 1 aliphatic carbocycles. The monoisotopic (exact) mass is 339 g/mol. The number of benzene rings is 1. The highest BCUT2D eigenvalue weighted by Crippen LogP contribution is 2.30. The van der Waals surface area contributed by atoms with Gasteiger partial charge in [-0.25, -0.2) is 4.79 Å². The summed E-state index contributed by atoms with van der Waals surface area (Å²) in [5.74, 6) is -0.750. The number of carboxylic acids is 1. The molecule has 2 aromatic rings. The minimum atomic E-state index is -0.919. The van der Waals surface area contributed by atoms with Crippen LogP contribution in [-0.4, -0.2) is 45.2 Å². The van der Waals surface area contributed by atoms with Crippen LogP contribution in [0.5, 0.6) is 0 Å². The third kappa shape index (κ3) is 2.92. The van der Waals surface area contributed by atoms with Crippen LogP contribution in [0.2, 0.25) is 0 Å². The molecule has 25 heavy (non-hydrogen) atoms. The zero-order valence-corrected chi connectivity index (χ0v) is 14.0. The molecule has 6 nitrogen and oxygen atoms in total. The number of fused-ring (bicyclic) bond motifs is 1. The van der Waals surface area contributed by atoms with E-state index in [-0.39, 0.29) is 11.8 Å². The van der Waals surface area contributed by atoms with Gasteiger partial charge in [-0.2, -0.15) is 5.10 Å². The van der Waals surface area contributed by atoms with Crippen LogP contribution in [0, 0.1) is 0 Å². The predicted molar refractivity (Wildman–Crippen MR) is 91.9 cm³/mol. The summed E-state index contributed by atoms with van der Waals surface area (Å²) in [7, 11) is 0. The van der Waals surface area contributed by atoms with E-state index >= 15 is 0 Å². The summed E-state index contributed by atoms with van der Waals surface area (Å²) in [5, 5.41) is 16.4. The fourth-order valence-corrected chi connectivity index (χ4v) is 4.01. The van der Waals surface area contributed by atoms with Crippen molar-refractivity contribution in [3.63, 3.8) is 0 Å². The molecule has 0 saturated carbocycles. The molecular formula is C19H21N3O3. The number of carboxylic acid groups (broad SMARTS) is 1. The summed E-state index contributed by atoms with van der Waals surface area (Å²) in [4.78, 5) is 26.0. The first-order valence-corrected chi connectivity index (χ1v) is 8.82. The highest BCUT2D eigenvalue weighted by atomic mass is 16.4. The molecule has 0 bridgehead atoms. The van der Waals surface area contributed by atoms with Gasteiger partial charge in [0.15, 0.2) is 5.69 Å². The van der Waals surface area contributed by atoms with Gasteiger partial charge in [0.05, 0.1) is 5.56 Å². The van der Waals surface area contributed by atoms with E-state index in [2.05, 4.69) is 10.2 Å². The standard InChI is InChI=1S/C19H21N3O3/c23-18(17-15-7-2-8-16(15)20-21-17)22-9-3-6-14(11-22)12-4-1-5-13(10-12)19(24)25/h1,4-5,10,14H,2-3,6-9,11H2,(H,20,21)(H,24,25)/t14-/m1/s1. The van der Waals surface area contributed by atoms with E-state index in [9.17, 15) is 14.7 Å². The van der Waals surface area contributed by atoms with Crippen LogP contribution in [0.1, 0.15) is 62.8 Å². The van der Waals surface area contributed by atoms with Gasteiger partial charge in [0, 0.05) is 30.3 Å². The maximum atomic E-state index is 12.9. The number of aryl methyl sites for hydroxylation is 1. The number of carbonyl (C=O) groups excluding carboxylic acids is 1. The van der Waals surface area contributed by atoms with E-state index in [1.807, 2.05) is 11.0 Å². The van der Waals surface area contributed by atoms with Crippen molar-refractivity contribution >= 4 is 11.9 Å². The highest BCUT2D eigenvalue weighted by Gasteiger charge is 2.30. The topological polar surface area (TPSA) is 86.3 Å². The number of aromatic carboxylic acids is 1. The van der Waals surface area contributed by atoms with E-state index in [0.717, 1.165) is 55.5 Å². The first-order valence-electron chi connectivity index (χ1n) is 8.82. The van der Waals surface area contributed by atoms with Crippen LogP contribution in [0.25, 0.3) is 0 Å². The van der Waals surface area contributed by atoms with Crippen molar-refractivity contribution < 1.29 is 14.7 Å². The molecule has 1 aromatic heterocycles. The summed E-state index contributed by atoms with van der Waals surface area (Å²) < 4.78 is 0. The lowest BCUT2D eigenvalue weighted by Crippen LogP contribution is -2.39. The van der Waals surface area contributed by atoms with Crippen LogP contribution in [0.4, 0.5) is 0 Å². The zero-order valence-electron chi connectivity index (χ0n) is 14.0. The molecule has 1 aromatic carbocycles. The van der Waals surface area contributed by atoms with Crippen LogP contribution < -0.4 is 0 Å². The molecule has 1 fully saturated rings. The van der Waals surface area contributed by atoms with Crippen LogP contribution in [0.3, 0.4) is 0 Å². The van der Waals surface area contributed by atoms with Crippen molar-refractivity contribution in [2.45, 2.75) is 38.0 Å². The Morgan fingerprint density at radius 2 is 2.12 bits per heavy atom. The minimum absolute atomic E-state index is 0.00140. The van der Waals surface area contributed by atoms with Gasteiger partial charge in [-0.3, -0.25) is 9.89 Å². The van der Waals surface area contributed by atoms with Gasteiger partial charge >= 0.3 is 5.97 Å². The quantitative estimate of drug-likeness (QED) is 0.900. The number of nitrogens with zero attached hydrogens (tertiary/aromatic N) is 2. The molecule has 0 unspecified atom stereocenters. The number of amides is 1. The molecule has 2 heterocycles. The summed E-state index contributed by atoms with van der Waals surface area (Å²) in [6, 6.07) is 7.06. The average Bonchev–Trinajstić information content (AvgIpc) is 3.25. The number of hydrogen-bond donors (Lipinski definition) is 2. The van der Waals surface area contributed by atoms with Gasteiger partial charge in [-0.1, -0.05) is 12.1 Å². The van der Waals surface area contributed by atoms with E-state index in [0.29, 0.717) is 17.8 Å². The van der Waals surface area contributed by atoms with Crippen molar-refractivity contribution in [3.8, 4) is 0 Å². The molecule has 130 valence electrons. The molecule has 1 atom stereocenters. The van der Waals surface area contributed by atoms with Crippen molar-refractivity contribution in [1.82, 2.24) is 15.1 Å². The van der Waals surface area contributed by atoms with Gasteiger partial charge in [0.2, 0.25) is 0 Å². The van der Waals surface area contributed by atoms with Crippen LogP contribution in [0.15, 0.2) is 24.3 Å². The summed E-state index contributed by atoms with van der Waals surface area (Å²) in [6.45, 7) is 1.35. The number of H-pyrrole nitrogens is 1. The summed E-state index contributed by atoms with van der Waals surface area (Å²) >= 11 is 0. The molecule has 4 rings (SSSR count). The Morgan fingerprint density at radius 3 is 2.96 bits per heavy atom. The number of likely N-dealkylation sites (tertiary alicyclic amines) is 1. The fraction of sp³-hybridized carbons (Fsp3) is 0.421. The normalized spacial score (nSPS) is 19.7. The zero-order chi connectivity index (χ0) is 17.4. The molecule has 0 radical (unpaired) electrons. The van der Waals surface area contributed by atoms with Gasteiger partial charge < -0.3 is 10.0 Å². The molecule has 0 spiro atoms. The maximum absolute atomic E-state index is 12.9. The minimum Gasteiger partial charge on any atom is -0.478 e. The Labute approximate surface area is 145 Å². The Hall–Kier alpha value is -2.63. The van der Waals surface area contributed by atoms with Gasteiger partial charge in [0.1, 0.15) is 0 Å². The third-order valence-corrected chi connectivity index (χ3v) is 5.32. The Bertz CT molecular complexity index is 827. The van der Waals surface area contributed by atoms with E-state index in [1.54, 1.807) is 18.2 Å². The third-order valence-electron chi connectivity index (χ3n) is 5.32. The Kier molecular flexibility index (Phi) is 4.03. The Morgan fingerprint density at radius 1 is 1.24 bits per heavy atom. The fourth-order valence-electron chi connectivity index (χ4n) is 4.01. The van der Waals surface area contributed by atoms with Crippen molar-refractivity contribution in [2.75, 3.05) is 13.1 Å². The molecule has 1 aliphatic heterocycles. The molecule has 1 saturated heterocycles. The van der Waals surface area contributed by atoms with Gasteiger partial charge in [-0.15, -0.1) is 0 Å². The number of carbonyl (C=O) groups is 2. The number of piperidine rings is 1. The van der Waals surface area contributed by atoms with Crippen molar-refractivity contribution in [1.29, 1.82) is 0 Å². The molecule has 2 N–H and O–H groups in total. The second kappa shape index (κ2) is 6.35. The molecular weight excluding hydrogens is 318 g/mol. The van der Waals surface area contributed by atoms with Crippen molar-refractivity contribution in [3.05, 3.63) is 52.3 Å². The lowest BCUT2D eigenvalue weighted by atomic mass is 9.89. The predicted octanol–water partition coefficient (Wildman–Crippen LogP) is 2.62. The van der Waals surface area contributed by atoms with Gasteiger partial charge in [-0.05, 0) is 49.8 Å². The van der Waals surface area contributed by atoms with Gasteiger partial charge in [0.25, 0.3) is 5.91 Å². The largest absolute Gasteiger partial charge is 0.478 e.